The van der Waals surface area contributed by atoms with Crippen LogP contribution in [-0.4, -0.2) is 41.6 Å². The molecule has 1 aromatic heterocycles. The van der Waals surface area contributed by atoms with Crippen LogP contribution in [0.1, 0.15) is 12.8 Å². The van der Waals surface area contributed by atoms with Crippen LogP contribution in [-0.2, 0) is 11.3 Å². The molecule has 0 spiro atoms. The first kappa shape index (κ1) is 16.0. The van der Waals surface area contributed by atoms with Gasteiger partial charge in [0.05, 0.1) is 19.3 Å². The monoisotopic (exact) mass is 320 g/mol. The summed E-state index contributed by atoms with van der Waals surface area (Å²) in [4.78, 5) is 4.31. The third-order valence-electron chi connectivity index (χ3n) is 4.52. The van der Waals surface area contributed by atoms with Crippen molar-refractivity contribution in [3.8, 4) is 17.1 Å². The van der Waals surface area contributed by atoms with Crippen molar-refractivity contribution in [1.82, 2.24) is 9.55 Å². The van der Waals surface area contributed by atoms with Gasteiger partial charge in [-0.15, -0.1) is 0 Å². The highest BCUT2D eigenvalue weighted by molar-refractivity contribution is 5.59. The molecule has 2 aromatic rings. The van der Waals surface area contributed by atoms with Gasteiger partial charge >= 0.3 is 0 Å². The average Bonchev–Trinajstić information content (AvgIpc) is 3.04. The Hall–Kier alpha value is -1.92. The fourth-order valence-corrected chi connectivity index (χ4v) is 3.02. The molecule has 1 aliphatic rings. The number of hydrogen-bond donors (Lipinski definition) is 1. The summed E-state index contributed by atoms with van der Waals surface area (Å²) in [5.74, 6) is 0.780. The second-order valence-electron chi connectivity index (χ2n) is 6.00. The molecule has 1 aromatic carbocycles. The number of rotatable bonds is 5. The molecule has 1 fully saturated rings. The Morgan fingerprint density at radius 2 is 2.17 bits per heavy atom. The minimum absolute atomic E-state index is 0.0779. The van der Waals surface area contributed by atoms with Gasteiger partial charge in [0.1, 0.15) is 17.4 Å². The minimum atomic E-state index is -0.344. The third-order valence-corrected chi connectivity index (χ3v) is 4.52. The standard InChI is InChI=1S/C17H21FN2O3/c1-22-13-2-3-15(18)14(10-13)16-19-6-7-20(16)11-17(12-21)4-8-23-9-5-17/h2-3,6-7,10,21H,4-5,8-9,11-12H2,1H3. The topological polar surface area (TPSA) is 56.5 Å². The molecule has 124 valence electrons. The lowest BCUT2D eigenvalue weighted by atomic mass is 9.81. The van der Waals surface area contributed by atoms with Crippen molar-refractivity contribution in [2.45, 2.75) is 19.4 Å². The molecule has 0 saturated carbocycles. The smallest absolute Gasteiger partial charge is 0.143 e. The van der Waals surface area contributed by atoms with E-state index in [0.29, 0.717) is 36.9 Å². The van der Waals surface area contributed by atoms with Crippen LogP contribution in [0, 0.1) is 11.2 Å². The van der Waals surface area contributed by atoms with Gasteiger partial charge in [-0.2, -0.15) is 0 Å². The van der Waals surface area contributed by atoms with Gasteiger partial charge in [-0.05, 0) is 31.0 Å². The predicted molar refractivity (Wildman–Crippen MR) is 83.7 cm³/mol. The van der Waals surface area contributed by atoms with Crippen LogP contribution in [0.25, 0.3) is 11.4 Å². The Labute approximate surface area is 134 Å². The highest BCUT2D eigenvalue weighted by atomic mass is 19.1. The van der Waals surface area contributed by atoms with E-state index in [9.17, 15) is 9.50 Å². The van der Waals surface area contributed by atoms with E-state index in [2.05, 4.69) is 4.98 Å². The molecule has 3 rings (SSSR count). The van der Waals surface area contributed by atoms with Crippen LogP contribution in [0.4, 0.5) is 4.39 Å². The van der Waals surface area contributed by atoms with Gasteiger partial charge < -0.3 is 19.1 Å². The maximum absolute atomic E-state index is 14.2. The van der Waals surface area contributed by atoms with Crippen molar-refractivity contribution >= 4 is 0 Å². The molecule has 2 heterocycles. The van der Waals surface area contributed by atoms with Crippen LogP contribution < -0.4 is 4.74 Å². The number of ether oxygens (including phenoxy) is 2. The molecule has 0 bridgehead atoms. The lowest BCUT2D eigenvalue weighted by Crippen LogP contribution is -2.37. The van der Waals surface area contributed by atoms with Crippen LogP contribution in [0.2, 0.25) is 0 Å². The molecule has 1 N–H and O–H groups in total. The van der Waals surface area contributed by atoms with Crippen LogP contribution in [0.15, 0.2) is 30.6 Å². The summed E-state index contributed by atoms with van der Waals surface area (Å²) in [6.45, 7) is 1.93. The van der Waals surface area contributed by atoms with Gasteiger partial charge in [-0.3, -0.25) is 0 Å². The predicted octanol–water partition coefficient (Wildman–Crippen LogP) is 2.49. The average molecular weight is 320 g/mol. The zero-order valence-corrected chi connectivity index (χ0v) is 13.2. The molecular weight excluding hydrogens is 299 g/mol. The Morgan fingerprint density at radius 1 is 1.39 bits per heavy atom. The van der Waals surface area contributed by atoms with E-state index < -0.39 is 0 Å². The molecule has 6 heteroatoms. The van der Waals surface area contributed by atoms with E-state index in [1.807, 2.05) is 10.8 Å². The lowest BCUT2D eigenvalue weighted by Gasteiger charge is -2.36. The summed E-state index contributed by atoms with van der Waals surface area (Å²) in [5, 5.41) is 9.86. The fraction of sp³-hybridized carbons (Fsp3) is 0.471. The molecule has 0 unspecified atom stereocenters. The Morgan fingerprint density at radius 3 is 2.87 bits per heavy atom. The first-order valence-electron chi connectivity index (χ1n) is 7.71. The number of methoxy groups -OCH3 is 1. The van der Waals surface area contributed by atoms with Crippen molar-refractivity contribution in [1.29, 1.82) is 0 Å². The normalized spacial score (nSPS) is 17.2. The molecule has 5 nitrogen and oxygen atoms in total. The fourth-order valence-electron chi connectivity index (χ4n) is 3.02. The molecule has 0 aliphatic carbocycles. The Kier molecular flexibility index (Phi) is 4.63. The molecular formula is C17H21FN2O3. The Balaban J connectivity index is 1.93. The second-order valence-corrected chi connectivity index (χ2v) is 6.00. The summed E-state index contributed by atoms with van der Waals surface area (Å²) >= 11 is 0. The van der Waals surface area contributed by atoms with E-state index in [0.717, 1.165) is 12.8 Å². The quantitative estimate of drug-likeness (QED) is 0.919. The van der Waals surface area contributed by atoms with E-state index in [1.54, 1.807) is 25.4 Å². The number of imidazole rings is 1. The van der Waals surface area contributed by atoms with Gasteiger partial charge in [0.15, 0.2) is 0 Å². The summed E-state index contributed by atoms with van der Waals surface area (Å²) in [7, 11) is 1.55. The van der Waals surface area contributed by atoms with E-state index in [-0.39, 0.29) is 17.8 Å². The minimum Gasteiger partial charge on any atom is -0.497 e. The van der Waals surface area contributed by atoms with Crippen molar-refractivity contribution in [2.24, 2.45) is 5.41 Å². The number of halogens is 1. The first-order chi connectivity index (χ1) is 11.2. The SMILES string of the molecule is COc1ccc(F)c(-c2nccn2CC2(CO)CCOCC2)c1. The van der Waals surface area contributed by atoms with Crippen LogP contribution in [0.3, 0.4) is 0 Å². The highest BCUT2D eigenvalue weighted by Crippen LogP contribution is 2.34. The number of hydrogen-bond acceptors (Lipinski definition) is 4. The molecule has 0 radical (unpaired) electrons. The van der Waals surface area contributed by atoms with Crippen LogP contribution >= 0.6 is 0 Å². The number of aliphatic hydroxyl groups is 1. The van der Waals surface area contributed by atoms with E-state index in [4.69, 9.17) is 9.47 Å². The second kappa shape index (κ2) is 6.68. The third kappa shape index (κ3) is 3.23. The van der Waals surface area contributed by atoms with Gasteiger partial charge in [0.25, 0.3) is 0 Å². The van der Waals surface area contributed by atoms with Crippen molar-refractivity contribution in [3.63, 3.8) is 0 Å². The maximum Gasteiger partial charge on any atom is 0.143 e. The summed E-state index contributed by atoms with van der Waals surface area (Å²) in [6, 6.07) is 4.60. The van der Waals surface area contributed by atoms with Gasteiger partial charge in [-0.25, -0.2) is 9.37 Å². The number of aromatic nitrogens is 2. The number of benzene rings is 1. The summed E-state index contributed by atoms with van der Waals surface area (Å²) in [6.07, 6.45) is 5.03. The lowest BCUT2D eigenvalue weighted by molar-refractivity contribution is -0.0250. The molecule has 0 amide bonds. The van der Waals surface area contributed by atoms with Gasteiger partial charge in [0.2, 0.25) is 0 Å². The van der Waals surface area contributed by atoms with Crippen molar-refractivity contribution in [3.05, 3.63) is 36.4 Å². The van der Waals surface area contributed by atoms with E-state index in [1.165, 1.54) is 6.07 Å². The zero-order chi connectivity index (χ0) is 16.3. The molecule has 23 heavy (non-hydrogen) atoms. The Bertz CT molecular complexity index is 666. The molecule has 1 aliphatic heterocycles. The largest absolute Gasteiger partial charge is 0.497 e. The zero-order valence-electron chi connectivity index (χ0n) is 13.2. The maximum atomic E-state index is 14.2. The highest BCUT2D eigenvalue weighted by Gasteiger charge is 2.33. The molecule has 0 atom stereocenters. The summed E-state index contributed by atoms with van der Waals surface area (Å²) in [5.41, 5.74) is 0.151. The summed E-state index contributed by atoms with van der Waals surface area (Å²) < 4.78 is 26.7. The number of aliphatic hydroxyl groups excluding tert-OH is 1. The van der Waals surface area contributed by atoms with Crippen LogP contribution in [0.5, 0.6) is 5.75 Å². The van der Waals surface area contributed by atoms with E-state index >= 15 is 0 Å². The van der Waals surface area contributed by atoms with Gasteiger partial charge in [0, 0.05) is 37.6 Å². The van der Waals surface area contributed by atoms with Gasteiger partial charge in [-0.1, -0.05) is 0 Å². The first-order valence-corrected chi connectivity index (χ1v) is 7.71. The number of nitrogens with zero attached hydrogens (tertiary/aromatic N) is 2. The van der Waals surface area contributed by atoms with Crippen molar-refractivity contribution in [2.75, 3.05) is 26.9 Å². The van der Waals surface area contributed by atoms with Crippen molar-refractivity contribution < 1.29 is 19.0 Å². The molecule has 1 saturated heterocycles.